The van der Waals surface area contributed by atoms with Crippen molar-refractivity contribution in [1.82, 2.24) is 14.9 Å². The van der Waals surface area contributed by atoms with Crippen molar-refractivity contribution >= 4 is 17.8 Å². The van der Waals surface area contributed by atoms with Crippen molar-refractivity contribution in [3.63, 3.8) is 0 Å². The number of anilines is 1. The third kappa shape index (κ3) is 4.12. The smallest absolute Gasteiger partial charge is 0.258 e. The number of methoxy groups -OCH3 is 1. The molecule has 1 aliphatic rings. The summed E-state index contributed by atoms with van der Waals surface area (Å²) in [6, 6.07) is 6.71. The quantitative estimate of drug-likeness (QED) is 0.923. The number of nitrogens with one attached hydrogen (secondary N) is 1. The second kappa shape index (κ2) is 7.74. The van der Waals surface area contributed by atoms with Crippen molar-refractivity contribution in [3.05, 3.63) is 47.8 Å². The van der Waals surface area contributed by atoms with Gasteiger partial charge in [-0.25, -0.2) is 9.97 Å². The van der Waals surface area contributed by atoms with Gasteiger partial charge in [0.1, 0.15) is 0 Å². The molecule has 7 nitrogen and oxygen atoms in total. The zero-order valence-corrected chi connectivity index (χ0v) is 14.1. The van der Waals surface area contributed by atoms with E-state index in [1.165, 1.54) is 19.5 Å². The van der Waals surface area contributed by atoms with Gasteiger partial charge in [0.25, 0.3) is 11.8 Å². The van der Waals surface area contributed by atoms with Gasteiger partial charge >= 0.3 is 0 Å². The predicted octanol–water partition coefficient (Wildman–Crippen LogP) is 2.36. The van der Waals surface area contributed by atoms with Crippen LogP contribution >= 0.6 is 0 Å². The number of carbonyl (C=O) groups excluding carboxylic acids is 2. The second-order valence-electron chi connectivity index (χ2n) is 5.83. The normalized spacial score (nSPS) is 14.0. The third-order valence-corrected chi connectivity index (χ3v) is 4.10. The SMILES string of the molecule is COc1cnc(NC(=O)c2cccc(C(=O)N3CCCCC3)c2)nc1. The Morgan fingerprint density at radius 1 is 1.08 bits per heavy atom. The molecular formula is C18H20N4O3. The van der Waals surface area contributed by atoms with Crippen LogP contribution in [-0.2, 0) is 0 Å². The molecule has 25 heavy (non-hydrogen) atoms. The first-order valence-electron chi connectivity index (χ1n) is 8.24. The fourth-order valence-corrected chi connectivity index (χ4v) is 2.73. The number of nitrogens with zero attached hydrogens (tertiary/aromatic N) is 3. The Balaban J connectivity index is 1.71. The minimum absolute atomic E-state index is 0.0324. The summed E-state index contributed by atoms with van der Waals surface area (Å²) in [7, 11) is 1.52. The number of rotatable bonds is 4. The number of benzene rings is 1. The van der Waals surface area contributed by atoms with Crippen molar-refractivity contribution in [3.8, 4) is 5.75 Å². The molecule has 0 bridgehead atoms. The van der Waals surface area contributed by atoms with Crippen LogP contribution in [0, 0.1) is 0 Å². The second-order valence-corrected chi connectivity index (χ2v) is 5.83. The van der Waals surface area contributed by atoms with Crippen LogP contribution in [0.1, 0.15) is 40.0 Å². The summed E-state index contributed by atoms with van der Waals surface area (Å²) in [6.07, 6.45) is 6.16. The molecule has 3 rings (SSSR count). The molecule has 2 heterocycles. The summed E-state index contributed by atoms with van der Waals surface area (Å²) in [5.74, 6) is 0.291. The summed E-state index contributed by atoms with van der Waals surface area (Å²) < 4.78 is 4.98. The first-order chi connectivity index (χ1) is 12.2. The number of hydrogen-bond acceptors (Lipinski definition) is 5. The van der Waals surface area contributed by atoms with E-state index < -0.39 is 0 Å². The number of aromatic nitrogens is 2. The van der Waals surface area contributed by atoms with Crippen LogP contribution in [0.3, 0.4) is 0 Å². The van der Waals surface area contributed by atoms with Crippen LogP contribution in [0.2, 0.25) is 0 Å². The molecule has 1 aromatic carbocycles. The highest BCUT2D eigenvalue weighted by molar-refractivity contribution is 6.05. The fourth-order valence-electron chi connectivity index (χ4n) is 2.73. The van der Waals surface area contributed by atoms with Crippen molar-refractivity contribution in [2.45, 2.75) is 19.3 Å². The molecule has 1 N–H and O–H groups in total. The van der Waals surface area contributed by atoms with Crippen molar-refractivity contribution in [2.24, 2.45) is 0 Å². The van der Waals surface area contributed by atoms with Gasteiger partial charge in [0.15, 0.2) is 5.75 Å². The first-order valence-corrected chi connectivity index (χ1v) is 8.24. The van der Waals surface area contributed by atoms with E-state index in [0.29, 0.717) is 16.9 Å². The molecule has 0 saturated carbocycles. The van der Waals surface area contributed by atoms with Crippen LogP contribution in [0.25, 0.3) is 0 Å². The Hall–Kier alpha value is -2.96. The van der Waals surface area contributed by atoms with Gasteiger partial charge in [-0.05, 0) is 37.5 Å². The molecule has 0 spiro atoms. The molecule has 0 atom stereocenters. The van der Waals surface area contributed by atoms with E-state index in [9.17, 15) is 9.59 Å². The van der Waals surface area contributed by atoms with Crippen LogP contribution in [0.5, 0.6) is 5.75 Å². The maximum atomic E-state index is 12.6. The molecule has 1 aromatic heterocycles. The predicted molar refractivity (Wildman–Crippen MR) is 92.7 cm³/mol. The van der Waals surface area contributed by atoms with Crippen LogP contribution in [-0.4, -0.2) is 46.9 Å². The largest absolute Gasteiger partial charge is 0.494 e. The molecular weight excluding hydrogens is 320 g/mol. The first kappa shape index (κ1) is 16.9. The number of hydrogen-bond donors (Lipinski definition) is 1. The van der Waals surface area contributed by atoms with Crippen LogP contribution < -0.4 is 10.1 Å². The minimum atomic E-state index is -0.363. The monoisotopic (exact) mass is 340 g/mol. The van der Waals surface area contributed by atoms with Crippen molar-refractivity contribution < 1.29 is 14.3 Å². The fraction of sp³-hybridized carbons (Fsp3) is 0.333. The zero-order chi connectivity index (χ0) is 17.6. The molecule has 0 unspecified atom stereocenters. The number of ether oxygens (including phenoxy) is 1. The van der Waals surface area contributed by atoms with E-state index in [0.717, 1.165) is 32.4 Å². The summed E-state index contributed by atoms with van der Waals surface area (Å²) >= 11 is 0. The average molecular weight is 340 g/mol. The topological polar surface area (TPSA) is 84.4 Å². The standard InChI is InChI=1S/C18H20N4O3/c1-25-15-11-19-18(20-12-15)21-16(23)13-6-5-7-14(10-13)17(24)22-8-3-2-4-9-22/h5-7,10-12H,2-4,8-9H2,1H3,(H,19,20,21,23). The molecule has 0 aliphatic carbocycles. The Bertz CT molecular complexity index is 755. The molecule has 1 saturated heterocycles. The van der Waals surface area contributed by atoms with E-state index in [2.05, 4.69) is 15.3 Å². The van der Waals surface area contributed by atoms with Crippen LogP contribution in [0.15, 0.2) is 36.7 Å². The van der Waals surface area contributed by atoms with Gasteiger partial charge in [0, 0.05) is 24.2 Å². The van der Waals surface area contributed by atoms with Crippen molar-refractivity contribution in [2.75, 3.05) is 25.5 Å². The van der Waals surface area contributed by atoms with E-state index >= 15 is 0 Å². The molecule has 2 amide bonds. The maximum absolute atomic E-state index is 12.6. The van der Waals surface area contributed by atoms with Gasteiger partial charge in [-0.3, -0.25) is 14.9 Å². The van der Waals surface area contributed by atoms with E-state index in [1.54, 1.807) is 24.3 Å². The van der Waals surface area contributed by atoms with Crippen LogP contribution in [0.4, 0.5) is 5.95 Å². The molecule has 130 valence electrons. The van der Waals surface area contributed by atoms with Gasteiger partial charge in [0.2, 0.25) is 5.95 Å². The van der Waals surface area contributed by atoms with E-state index in [-0.39, 0.29) is 17.8 Å². The maximum Gasteiger partial charge on any atom is 0.258 e. The van der Waals surface area contributed by atoms with Gasteiger partial charge in [-0.1, -0.05) is 6.07 Å². The molecule has 0 radical (unpaired) electrons. The number of carbonyl (C=O) groups is 2. The lowest BCUT2D eigenvalue weighted by Crippen LogP contribution is -2.35. The van der Waals surface area contributed by atoms with Gasteiger partial charge in [-0.15, -0.1) is 0 Å². The lowest BCUT2D eigenvalue weighted by molar-refractivity contribution is 0.0724. The van der Waals surface area contributed by atoms with Gasteiger partial charge in [-0.2, -0.15) is 0 Å². The molecule has 1 aliphatic heterocycles. The molecule has 2 aromatic rings. The van der Waals surface area contributed by atoms with Gasteiger partial charge in [0.05, 0.1) is 19.5 Å². The Morgan fingerprint density at radius 3 is 2.44 bits per heavy atom. The Kier molecular flexibility index (Phi) is 5.23. The summed E-state index contributed by atoms with van der Waals surface area (Å²) in [6.45, 7) is 1.55. The summed E-state index contributed by atoms with van der Waals surface area (Å²) in [5.41, 5.74) is 0.910. The van der Waals surface area contributed by atoms with Crippen molar-refractivity contribution in [1.29, 1.82) is 0 Å². The van der Waals surface area contributed by atoms with E-state index in [1.807, 2.05) is 4.90 Å². The number of likely N-dealkylation sites (tertiary alicyclic amines) is 1. The average Bonchev–Trinajstić information content (AvgIpc) is 2.68. The summed E-state index contributed by atoms with van der Waals surface area (Å²) in [4.78, 5) is 34.8. The lowest BCUT2D eigenvalue weighted by Gasteiger charge is -2.26. The number of piperidine rings is 1. The minimum Gasteiger partial charge on any atom is -0.494 e. The zero-order valence-electron chi connectivity index (χ0n) is 14.1. The molecule has 7 heteroatoms. The lowest BCUT2D eigenvalue weighted by atomic mass is 10.1. The highest BCUT2D eigenvalue weighted by Crippen LogP contribution is 2.15. The highest BCUT2D eigenvalue weighted by atomic mass is 16.5. The number of amides is 2. The summed E-state index contributed by atoms with van der Waals surface area (Å²) in [5, 5.41) is 2.61. The molecule has 1 fully saturated rings. The van der Waals surface area contributed by atoms with E-state index in [4.69, 9.17) is 4.74 Å². The van der Waals surface area contributed by atoms with Gasteiger partial charge < -0.3 is 9.64 Å². The Morgan fingerprint density at radius 2 is 1.76 bits per heavy atom. The Labute approximate surface area is 146 Å². The highest BCUT2D eigenvalue weighted by Gasteiger charge is 2.19. The third-order valence-electron chi connectivity index (χ3n) is 4.10.